The zero-order valence-electron chi connectivity index (χ0n) is 10.6. The Balaban J connectivity index is 2.34. The second-order valence-electron chi connectivity index (χ2n) is 5.23. The second kappa shape index (κ2) is 3.69. The monoisotopic (exact) mass is 224 g/mol. The van der Waals surface area contributed by atoms with Crippen molar-refractivity contribution < 1.29 is 4.57 Å². The lowest BCUT2D eigenvalue weighted by atomic mass is 9.89. The van der Waals surface area contributed by atoms with Gasteiger partial charge in [0, 0.05) is 11.6 Å². The minimum Gasteiger partial charge on any atom is -0.204 e. The maximum absolute atomic E-state index is 2.31. The summed E-state index contributed by atoms with van der Waals surface area (Å²) in [5.74, 6) is 1.17. The van der Waals surface area contributed by atoms with E-state index in [1.54, 1.807) is 0 Å². The van der Waals surface area contributed by atoms with Crippen molar-refractivity contribution >= 4 is 0 Å². The van der Waals surface area contributed by atoms with Gasteiger partial charge in [-0.15, -0.1) is 0 Å². The quantitative estimate of drug-likeness (QED) is 0.654. The molecule has 1 aliphatic rings. The fraction of sp³-hybridized carbons (Fsp3) is 0.312. The van der Waals surface area contributed by atoms with Crippen LogP contribution in [0.15, 0.2) is 42.6 Å². The second-order valence-corrected chi connectivity index (χ2v) is 5.23. The number of hydrogen-bond donors (Lipinski definition) is 0. The molecule has 0 fully saturated rings. The van der Waals surface area contributed by atoms with Crippen LogP contribution in [0.25, 0.3) is 11.1 Å². The number of benzene rings is 1. The third-order valence-electron chi connectivity index (χ3n) is 3.78. The van der Waals surface area contributed by atoms with Crippen molar-refractivity contribution in [3.8, 4) is 11.1 Å². The summed E-state index contributed by atoms with van der Waals surface area (Å²) >= 11 is 0. The van der Waals surface area contributed by atoms with E-state index in [4.69, 9.17) is 0 Å². The van der Waals surface area contributed by atoms with E-state index >= 15 is 0 Å². The Hall–Kier alpha value is -1.63. The van der Waals surface area contributed by atoms with Gasteiger partial charge in [0.25, 0.3) is 0 Å². The molecule has 1 aromatic heterocycles. The van der Waals surface area contributed by atoms with Crippen LogP contribution in [-0.2, 0) is 7.05 Å². The molecule has 1 aromatic carbocycles. The number of aromatic nitrogens is 1. The summed E-state index contributed by atoms with van der Waals surface area (Å²) in [6.07, 6.45) is 2.15. The summed E-state index contributed by atoms with van der Waals surface area (Å²) in [4.78, 5) is 0. The number of nitrogens with zero attached hydrogens (tertiary/aromatic N) is 1. The molecule has 1 atom stereocenters. The highest BCUT2D eigenvalue weighted by molar-refractivity contribution is 5.76. The molecule has 86 valence electrons. The Labute approximate surface area is 103 Å². The van der Waals surface area contributed by atoms with Crippen LogP contribution in [0.5, 0.6) is 0 Å². The van der Waals surface area contributed by atoms with E-state index in [9.17, 15) is 0 Å². The van der Waals surface area contributed by atoms with Gasteiger partial charge in [-0.25, -0.2) is 4.57 Å². The first-order valence-corrected chi connectivity index (χ1v) is 6.28. The molecule has 0 saturated carbocycles. The highest BCUT2D eigenvalue weighted by Crippen LogP contribution is 2.45. The number of hydrogen-bond acceptors (Lipinski definition) is 0. The Morgan fingerprint density at radius 3 is 2.47 bits per heavy atom. The molecule has 1 aliphatic carbocycles. The molecular weight excluding hydrogens is 206 g/mol. The molecule has 0 radical (unpaired) electrons. The maximum atomic E-state index is 2.31. The third kappa shape index (κ3) is 1.42. The lowest BCUT2D eigenvalue weighted by molar-refractivity contribution is -0.679. The topological polar surface area (TPSA) is 3.88 Å². The predicted molar refractivity (Wildman–Crippen MR) is 69.7 cm³/mol. The average molecular weight is 224 g/mol. The summed E-state index contributed by atoms with van der Waals surface area (Å²) in [7, 11) is 2.15. The van der Waals surface area contributed by atoms with Crippen molar-refractivity contribution in [2.24, 2.45) is 13.0 Å². The Morgan fingerprint density at radius 1 is 1.00 bits per heavy atom. The van der Waals surface area contributed by atoms with Crippen LogP contribution >= 0.6 is 0 Å². The fourth-order valence-corrected chi connectivity index (χ4v) is 3.07. The van der Waals surface area contributed by atoms with E-state index in [2.05, 4.69) is 68.1 Å². The Bertz CT molecular complexity index is 569. The van der Waals surface area contributed by atoms with Gasteiger partial charge in [0.1, 0.15) is 7.05 Å². The van der Waals surface area contributed by atoms with E-state index in [-0.39, 0.29) is 0 Å². The normalized spacial score (nSPS) is 17.1. The van der Waals surface area contributed by atoms with Crippen LogP contribution < -0.4 is 4.57 Å². The van der Waals surface area contributed by atoms with E-state index in [0.717, 1.165) is 0 Å². The van der Waals surface area contributed by atoms with Crippen molar-refractivity contribution in [3.63, 3.8) is 0 Å². The summed E-state index contributed by atoms with van der Waals surface area (Å²) < 4.78 is 2.28. The average Bonchev–Trinajstić information content (AvgIpc) is 2.65. The van der Waals surface area contributed by atoms with Crippen molar-refractivity contribution in [1.29, 1.82) is 0 Å². The largest absolute Gasteiger partial charge is 0.204 e. The van der Waals surface area contributed by atoms with E-state index in [1.807, 2.05) is 0 Å². The van der Waals surface area contributed by atoms with Crippen LogP contribution in [0.3, 0.4) is 0 Å². The van der Waals surface area contributed by atoms with Gasteiger partial charge < -0.3 is 0 Å². The molecule has 0 amide bonds. The van der Waals surface area contributed by atoms with Crippen LogP contribution in [-0.4, -0.2) is 0 Å². The molecule has 0 N–H and O–H groups in total. The standard InChI is InChI=1S/C16H18N/c1-11(2)15-13-8-5-4-7-12(13)14-9-6-10-17(3)16(14)15/h4-11,15H,1-3H3/q+1. The molecule has 1 heteroatoms. The molecule has 17 heavy (non-hydrogen) atoms. The van der Waals surface area contributed by atoms with Gasteiger partial charge in [-0.1, -0.05) is 38.1 Å². The predicted octanol–water partition coefficient (Wildman–Crippen LogP) is 3.28. The number of pyridine rings is 1. The number of aryl methyl sites for hydroxylation is 1. The van der Waals surface area contributed by atoms with E-state index < -0.39 is 0 Å². The molecule has 1 unspecified atom stereocenters. The van der Waals surface area contributed by atoms with Gasteiger partial charge in [-0.2, -0.15) is 0 Å². The van der Waals surface area contributed by atoms with Crippen LogP contribution in [0.1, 0.15) is 31.0 Å². The van der Waals surface area contributed by atoms with Crippen LogP contribution in [0.4, 0.5) is 0 Å². The molecule has 3 rings (SSSR count). The molecule has 1 heterocycles. The maximum Gasteiger partial charge on any atom is 0.196 e. The van der Waals surface area contributed by atoms with Gasteiger partial charge in [0.05, 0.1) is 5.92 Å². The number of rotatable bonds is 1. The van der Waals surface area contributed by atoms with E-state index in [0.29, 0.717) is 11.8 Å². The highest BCUT2D eigenvalue weighted by atomic mass is 14.9. The fourth-order valence-electron chi connectivity index (χ4n) is 3.07. The van der Waals surface area contributed by atoms with Gasteiger partial charge in [-0.3, -0.25) is 0 Å². The molecule has 0 saturated heterocycles. The first-order chi connectivity index (χ1) is 8.20. The number of fused-ring (bicyclic) bond motifs is 3. The SMILES string of the molecule is CC(C)C1c2ccccc2-c2ccc[n+](C)c21. The lowest BCUT2D eigenvalue weighted by Gasteiger charge is -2.14. The zero-order valence-corrected chi connectivity index (χ0v) is 10.6. The minimum atomic E-state index is 0.535. The van der Waals surface area contributed by atoms with Gasteiger partial charge >= 0.3 is 0 Å². The summed E-state index contributed by atoms with van der Waals surface area (Å²) in [5.41, 5.74) is 5.77. The smallest absolute Gasteiger partial charge is 0.196 e. The zero-order chi connectivity index (χ0) is 12.0. The molecule has 0 aliphatic heterocycles. The third-order valence-corrected chi connectivity index (χ3v) is 3.78. The molecule has 0 bridgehead atoms. The first-order valence-electron chi connectivity index (χ1n) is 6.28. The van der Waals surface area contributed by atoms with Crippen molar-refractivity contribution in [1.82, 2.24) is 0 Å². The van der Waals surface area contributed by atoms with E-state index in [1.165, 1.54) is 22.4 Å². The van der Waals surface area contributed by atoms with Crippen LogP contribution in [0.2, 0.25) is 0 Å². The van der Waals surface area contributed by atoms with Gasteiger partial charge in [0.15, 0.2) is 11.9 Å². The van der Waals surface area contributed by atoms with Gasteiger partial charge in [-0.05, 0) is 23.1 Å². The molecule has 0 spiro atoms. The van der Waals surface area contributed by atoms with Gasteiger partial charge in [0.2, 0.25) is 0 Å². The van der Waals surface area contributed by atoms with Crippen molar-refractivity contribution in [3.05, 3.63) is 53.9 Å². The van der Waals surface area contributed by atoms with Crippen LogP contribution in [0, 0.1) is 5.92 Å². The highest BCUT2D eigenvalue weighted by Gasteiger charge is 2.36. The first kappa shape index (κ1) is 10.5. The Kier molecular flexibility index (Phi) is 2.29. The summed E-state index contributed by atoms with van der Waals surface area (Å²) in [6.45, 7) is 4.62. The Morgan fingerprint density at radius 2 is 1.71 bits per heavy atom. The van der Waals surface area contributed by atoms with Crippen molar-refractivity contribution in [2.45, 2.75) is 19.8 Å². The summed E-state index contributed by atoms with van der Waals surface area (Å²) in [5, 5.41) is 0. The lowest BCUT2D eigenvalue weighted by Crippen LogP contribution is -2.35. The van der Waals surface area contributed by atoms with Crippen molar-refractivity contribution in [2.75, 3.05) is 0 Å². The minimum absolute atomic E-state index is 0.535. The summed E-state index contributed by atoms with van der Waals surface area (Å²) in [6, 6.07) is 13.2. The molecule has 2 aromatic rings. The molecular formula is C16H18N+. The molecule has 1 nitrogen and oxygen atoms in total.